The third-order valence-corrected chi connectivity index (χ3v) is 4.90. The molecule has 1 aromatic carbocycles. The highest BCUT2D eigenvalue weighted by Gasteiger charge is 2.11. The van der Waals surface area contributed by atoms with Crippen molar-refractivity contribution < 1.29 is 15.6 Å². The number of carbonyl (C=O) groups excluding carboxylic acids is 1. The van der Waals surface area contributed by atoms with Crippen LogP contribution in [0.25, 0.3) is 0 Å². The molecule has 3 rings (SSSR count). The lowest BCUT2D eigenvalue weighted by atomic mass is 9.96. The van der Waals surface area contributed by atoms with Crippen LogP contribution in [0.3, 0.4) is 0 Å². The normalized spacial score (nSPS) is 19.7. The fourth-order valence-electron chi connectivity index (χ4n) is 3.40. The fourth-order valence-corrected chi connectivity index (χ4v) is 3.40. The van der Waals surface area contributed by atoms with Crippen molar-refractivity contribution in [1.82, 2.24) is 0 Å². The predicted octanol–water partition coefficient (Wildman–Crippen LogP) is 2.36. The Hall–Kier alpha value is -1.68. The summed E-state index contributed by atoms with van der Waals surface area (Å²) in [6, 6.07) is 7.97. The molecule has 2 fully saturated rings. The Balaban J connectivity index is 0.000000249. The standard InChI is InChI=1S/C14H17NO2.C6H13N/c16-14(17)13-9-5-4-6-11(13)10-15-12-7-2-1-3-8-12;7-6-4-2-1-3-5-6/h4-6,9-10,12H,1-3,7-8H2,(H,16,17);6H,1-5,7H2. The highest BCUT2D eigenvalue weighted by Crippen LogP contribution is 2.20. The van der Waals surface area contributed by atoms with Crippen LogP contribution in [-0.2, 0) is 0 Å². The lowest BCUT2D eigenvalue weighted by molar-refractivity contribution is -0.425. The summed E-state index contributed by atoms with van der Waals surface area (Å²) in [4.78, 5) is 15.4. The first-order valence-electron chi connectivity index (χ1n) is 9.33. The molecule has 0 spiro atoms. The number of hydrogen-bond donors (Lipinski definition) is 1. The Morgan fingerprint density at radius 1 is 1.00 bits per heavy atom. The van der Waals surface area contributed by atoms with Crippen molar-refractivity contribution in [2.24, 2.45) is 4.99 Å². The molecule has 3 N–H and O–H groups in total. The third kappa shape index (κ3) is 6.44. The van der Waals surface area contributed by atoms with Crippen LogP contribution in [0.15, 0.2) is 29.3 Å². The molecule has 2 saturated carbocycles. The van der Waals surface area contributed by atoms with Gasteiger partial charge in [-0.05, 0) is 38.5 Å². The number of carboxylic acids is 1. The molecule has 0 radical (unpaired) electrons. The van der Waals surface area contributed by atoms with Gasteiger partial charge in [-0.3, -0.25) is 4.99 Å². The zero-order valence-electron chi connectivity index (χ0n) is 14.6. The van der Waals surface area contributed by atoms with Gasteiger partial charge in [-0.1, -0.05) is 49.9 Å². The first-order valence-corrected chi connectivity index (χ1v) is 9.33. The van der Waals surface area contributed by atoms with Crippen LogP contribution < -0.4 is 10.8 Å². The summed E-state index contributed by atoms with van der Waals surface area (Å²) in [6.45, 7) is 0. The second-order valence-corrected chi connectivity index (χ2v) is 6.95. The molecular formula is C20H30N2O2. The molecule has 0 amide bonds. The Labute approximate surface area is 145 Å². The van der Waals surface area contributed by atoms with Gasteiger partial charge in [0.05, 0.1) is 12.0 Å². The van der Waals surface area contributed by atoms with Crippen molar-refractivity contribution in [1.29, 1.82) is 0 Å². The summed E-state index contributed by atoms with van der Waals surface area (Å²) in [5, 5.41) is 10.9. The summed E-state index contributed by atoms with van der Waals surface area (Å²) in [6.07, 6.45) is 14.7. The van der Waals surface area contributed by atoms with Gasteiger partial charge >= 0.3 is 0 Å². The number of quaternary nitrogens is 1. The van der Waals surface area contributed by atoms with Crippen LogP contribution in [0.1, 0.15) is 80.1 Å². The maximum absolute atomic E-state index is 10.9. The zero-order chi connectivity index (χ0) is 17.2. The predicted molar refractivity (Wildman–Crippen MR) is 95.0 cm³/mol. The third-order valence-electron chi connectivity index (χ3n) is 4.90. The minimum Gasteiger partial charge on any atom is -0.545 e. The topological polar surface area (TPSA) is 80.1 Å². The zero-order valence-corrected chi connectivity index (χ0v) is 14.6. The summed E-state index contributed by atoms with van der Waals surface area (Å²) in [5.41, 5.74) is 4.85. The van der Waals surface area contributed by atoms with E-state index in [0.717, 1.165) is 18.9 Å². The van der Waals surface area contributed by atoms with E-state index >= 15 is 0 Å². The van der Waals surface area contributed by atoms with E-state index < -0.39 is 5.97 Å². The van der Waals surface area contributed by atoms with E-state index in [2.05, 4.69) is 10.7 Å². The highest BCUT2D eigenvalue weighted by atomic mass is 16.4. The molecule has 0 aliphatic heterocycles. The van der Waals surface area contributed by atoms with Gasteiger partial charge < -0.3 is 15.6 Å². The summed E-state index contributed by atoms with van der Waals surface area (Å²) in [5.74, 6) is -1.14. The van der Waals surface area contributed by atoms with Gasteiger partial charge in [0, 0.05) is 23.4 Å². The number of hydrogen-bond acceptors (Lipinski definition) is 3. The Kier molecular flexibility index (Phi) is 7.96. The Morgan fingerprint density at radius 2 is 1.58 bits per heavy atom. The van der Waals surface area contributed by atoms with Crippen molar-refractivity contribution in [3.05, 3.63) is 35.4 Å². The molecule has 1 aromatic rings. The van der Waals surface area contributed by atoms with Crippen LogP contribution >= 0.6 is 0 Å². The number of benzene rings is 1. The van der Waals surface area contributed by atoms with Crippen LogP contribution in [0.4, 0.5) is 0 Å². The van der Waals surface area contributed by atoms with Gasteiger partial charge in [0.1, 0.15) is 0 Å². The van der Waals surface area contributed by atoms with Gasteiger partial charge in [0.2, 0.25) is 0 Å². The second-order valence-electron chi connectivity index (χ2n) is 6.95. The molecule has 2 aliphatic carbocycles. The number of aliphatic imine (C=N–C) groups is 1. The minimum absolute atomic E-state index is 0.215. The summed E-state index contributed by atoms with van der Waals surface area (Å²) in [7, 11) is 0. The van der Waals surface area contributed by atoms with E-state index in [0.29, 0.717) is 11.6 Å². The molecule has 0 unspecified atom stereocenters. The number of aromatic carboxylic acids is 1. The lowest BCUT2D eigenvalue weighted by Crippen LogP contribution is -2.61. The van der Waals surface area contributed by atoms with Gasteiger partial charge in [-0.2, -0.15) is 0 Å². The maximum Gasteiger partial charge on any atom is 0.0843 e. The average molecular weight is 330 g/mol. The SMILES string of the molecule is O=C([O-])c1ccccc1C=NC1CCCCC1.[NH3+]C1CCCCC1. The van der Waals surface area contributed by atoms with Gasteiger partial charge in [-0.15, -0.1) is 0 Å². The molecule has 0 saturated heterocycles. The number of rotatable bonds is 3. The van der Waals surface area contributed by atoms with Crippen molar-refractivity contribution in [3.63, 3.8) is 0 Å². The molecule has 4 nitrogen and oxygen atoms in total. The summed E-state index contributed by atoms with van der Waals surface area (Å²) >= 11 is 0. The minimum atomic E-state index is -1.14. The molecule has 132 valence electrons. The van der Waals surface area contributed by atoms with Crippen molar-refractivity contribution in [2.45, 2.75) is 76.3 Å². The molecule has 0 atom stereocenters. The van der Waals surface area contributed by atoms with Crippen LogP contribution in [0.5, 0.6) is 0 Å². The van der Waals surface area contributed by atoms with E-state index in [1.807, 2.05) is 6.07 Å². The highest BCUT2D eigenvalue weighted by molar-refractivity contribution is 5.97. The van der Waals surface area contributed by atoms with E-state index in [1.165, 1.54) is 51.4 Å². The number of carboxylic acid groups (broad SMARTS) is 1. The molecule has 24 heavy (non-hydrogen) atoms. The smallest absolute Gasteiger partial charge is 0.0843 e. The first kappa shape index (κ1) is 18.7. The van der Waals surface area contributed by atoms with E-state index in [4.69, 9.17) is 0 Å². The Morgan fingerprint density at radius 3 is 2.12 bits per heavy atom. The Bertz CT molecular complexity index is 530. The van der Waals surface area contributed by atoms with Gasteiger partial charge in [0.15, 0.2) is 0 Å². The van der Waals surface area contributed by atoms with Gasteiger partial charge in [0.25, 0.3) is 0 Å². The lowest BCUT2D eigenvalue weighted by Gasteiger charge is -2.17. The van der Waals surface area contributed by atoms with Gasteiger partial charge in [-0.25, -0.2) is 0 Å². The molecule has 0 bridgehead atoms. The van der Waals surface area contributed by atoms with E-state index in [1.54, 1.807) is 24.4 Å². The van der Waals surface area contributed by atoms with Crippen LogP contribution in [-0.4, -0.2) is 24.3 Å². The monoisotopic (exact) mass is 330 g/mol. The van der Waals surface area contributed by atoms with Crippen molar-refractivity contribution in [2.75, 3.05) is 0 Å². The van der Waals surface area contributed by atoms with Crippen LogP contribution in [0, 0.1) is 0 Å². The summed E-state index contributed by atoms with van der Waals surface area (Å²) < 4.78 is 0. The van der Waals surface area contributed by atoms with E-state index in [9.17, 15) is 9.90 Å². The molecule has 0 aromatic heterocycles. The van der Waals surface area contributed by atoms with E-state index in [-0.39, 0.29) is 5.56 Å². The fraction of sp³-hybridized carbons (Fsp3) is 0.600. The molecule has 4 heteroatoms. The maximum atomic E-state index is 10.9. The second kappa shape index (κ2) is 10.2. The quantitative estimate of drug-likeness (QED) is 0.863. The van der Waals surface area contributed by atoms with Crippen molar-refractivity contribution in [3.8, 4) is 0 Å². The molecular weight excluding hydrogens is 300 g/mol. The molecule has 0 heterocycles. The number of nitrogens with zero attached hydrogens (tertiary/aromatic N) is 1. The van der Waals surface area contributed by atoms with Crippen LogP contribution in [0.2, 0.25) is 0 Å². The number of carbonyl (C=O) groups is 1. The average Bonchev–Trinajstić information content (AvgIpc) is 2.62. The largest absolute Gasteiger partial charge is 0.545 e. The molecule has 2 aliphatic rings. The van der Waals surface area contributed by atoms with Crippen molar-refractivity contribution >= 4 is 12.2 Å². The first-order chi connectivity index (χ1) is 11.7.